The normalized spacial score (nSPS) is 17.2. The number of nitrogens with zero attached hydrogens (tertiary/aromatic N) is 1. The maximum absolute atomic E-state index is 5.35. The molecule has 0 atom stereocenters. The molecule has 19 heavy (non-hydrogen) atoms. The van der Waals surface area contributed by atoms with E-state index < -0.39 is 0 Å². The first kappa shape index (κ1) is 13.2. The third kappa shape index (κ3) is 2.96. The van der Waals surface area contributed by atoms with Gasteiger partial charge in [0.15, 0.2) is 11.5 Å². The fourth-order valence-corrected chi connectivity index (χ4v) is 1.92. The van der Waals surface area contributed by atoms with Crippen molar-refractivity contribution in [2.75, 3.05) is 21.3 Å². The van der Waals surface area contributed by atoms with Crippen LogP contribution in [0.3, 0.4) is 0 Å². The molecule has 4 nitrogen and oxygen atoms in total. The van der Waals surface area contributed by atoms with Crippen molar-refractivity contribution in [3.8, 4) is 0 Å². The minimum atomic E-state index is 0.585. The van der Waals surface area contributed by atoms with E-state index >= 15 is 0 Å². The number of rotatable bonds is 4. The molecule has 1 aliphatic rings. The lowest BCUT2D eigenvalue weighted by Crippen LogP contribution is -2.13. The van der Waals surface area contributed by atoms with Crippen molar-refractivity contribution in [2.45, 2.75) is 6.42 Å². The number of methoxy groups -OCH3 is 3. The predicted octanol–water partition coefficient (Wildman–Crippen LogP) is 3.20. The van der Waals surface area contributed by atoms with Crippen molar-refractivity contribution in [2.24, 2.45) is 4.99 Å². The van der Waals surface area contributed by atoms with E-state index in [-0.39, 0.29) is 0 Å². The van der Waals surface area contributed by atoms with Crippen LogP contribution in [-0.2, 0) is 14.2 Å². The third-order valence-corrected chi connectivity index (χ3v) is 2.82. The molecule has 0 aliphatic heterocycles. The summed E-state index contributed by atoms with van der Waals surface area (Å²) in [6.45, 7) is 0. The lowest BCUT2D eigenvalue weighted by atomic mass is 10.1. The smallest absolute Gasteiger partial charge is 0.199 e. The molecule has 0 aromatic heterocycles. The quantitative estimate of drug-likeness (QED) is 0.833. The average molecular weight is 259 g/mol. The summed E-state index contributed by atoms with van der Waals surface area (Å²) in [6.07, 6.45) is 2.45. The summed E-state index contributed by atoms with van der Waals surface area (Å²) in [5.74, 6) is 1.97. The number of benzene rings is 1. The summed E-state index contributed by atoms with van der Waals surface area (Å²) in [4.78, 5) is 4.57. The van der Waals surface area contributed by atoms with Crippen LogP contribution in [0.1, 0.15) is 6.42 Å². The third-order valence-electron chi connectivity index (χ3n) is 2.82. The first-order valence-corrected chi connectivity index (χ1v) is 5.98. The van der Waals surface area contributed by atoms with Gasteiger partial charge in [0.25, 0.3) is 0 Å². The van der Waals surface area contributed by atoms with Crippen LogP contribution in [0, 0.1) is 0 Å². The van der Waals surface area contributed by atoms with Gasteiger partial charge in [-0.1, -0.05) is 18.2 Å². The predicted molar refractivity (Wildman–Crippen MR) is 74.3 cm³/mol. The largest absolute Gasteiger partial charge is 0.497 e. The highest BCUT2D eigenvalue weighted by Crippen LogP contribution is 2.26. The minimum absolute atomic E-state index is 0.585. The minimum Gasteiger partial charge on any atom is -0.497 e. The number of para-hydroxylation sites is 1. The standard InChI is InChI=1S/C15H17NO3/c1-17-13-9-12(10-14(18-2)15(13)19-3)16-11-7-5-4-6-8-11/h4-9H,10H2,1-3H3. The van der Waals surface area contributed by atoms with Crippen LogP contribution in [-0.4, -0.2) is 27.0 Å². The van der Waals surface area contributed by atoms with Crippen molar-refractivity contribution in [1.29, 1.82) is 0 Å². The molecule has 0 spiro atoms. The summed E-state index contributed by atoms with van der Waals surface area (Å²) < 4.78 is 16.0. The molecule has 1 aliphatic carbocycles. The second kappa shape index (κ2) is 6.09. The Labute approximate surface area is 113 Å². The maximum atomic E-state index is 5.35. The zero-order chi connectivity index (χ0) is 13.7. The monoisotopic (exact) mass is 259 g/mol. The van der Waals surface area contributed by atoms with Crippen LogP contribution >= 0.6 is 0 Å². The summed E-state index contributed by atoms with van der Waals surface area (Å²) in [6, 6.07) is 9.78. The molecule has 0 heterocycles. The molecule has 0 saturated heterocycles. The molecule has 2 rings (SSSR count). The molecule has 0 N–H and O–H groups in total. The van der Waals surface area contributed by atoms with Crippen molar-refractivity contribution >= 4 is 11.4 Å². The average Bonchev–Trinajstić information content (AvgIpc) is 2.47. The highest BCUT2D eigenvalue weighted by Gasteiger charge is 2.22. The van der Waals surface area contributed by atoms with E-state index in [0.717, 1.165) is 17.2 Å². The van der Waals surface area contributed by atoms with Gasteiger partial charge in [-0.3, -0.25) is 4.99 Å². The first-order valence-electron chi connectivity index (χ1n) is 5.98. The van der Waals surface area contributed by atoms with Gasteiger partial charge >= 0.3 is 0 Å². The Bertz CT molecular complexity index is 530. The Morgan fingerprint density at radius 3 is 2.26 bits per heavy atom. The molecule has 1 aromatic rings. The Kier molecular flexibility index (Phi) is 4.23. The van der Waals surface area contributed by atoms with Gasteiger partial charge in [-0.25, -0.2) is 0 Å². The van der Waals surface area contributed by atoms with Crippen LogP contribution in [0.4, 0.5) is 5.69 Å². The van der Waals surface area contributed by atoms with Gasteiger partial charge in [0.1, 0.15) is 5.76 Å². The summed E-state index contributed by atoms with van der Waals surface area (Å²) in [5.41, 5.74) is 1.78. The van der Waals surface area contributed by atoms with Gasteiger partial charge < -0.3 is 14.2 Å². The Hall–Kier alpha value is -2.23. The fourth-order valence-electron chi connectivity index (χ4n) is 1.92. The zero-order valence-corrected chi connectivity index (χ0v) is 11.3. The van der Waals surface area contributed by atoms with E-state index in [9.17, 15) is 0 Å². The fraction of sp³-hybridized carbons (Fsp3) is 0.267. The summed E-state index contributed by atoms with van der Waals surface area (Å²) in [7, 11) is 4.82. The van der Waals surface area contributed by atoms with Crippen LogP contribution in [0.15, 0.2) is 58.7 Å². The Morgan fingerprint density at radius 2 is 1.68 bits per heavy atom. The summed E-state index contributed by atoms with van der Waals surface area (Å²) >= 11 is 0. The molecule has 0 radical (unpaired) electrons. The van der Waals surface area contributed by atoms with E-state index in [1.165, 1.54) is 0 Å². The Balaban J connectivity index is 2.35. The number of hydrogen-bond donors (Lipinski definition) is 0. The SMILES string of the molecule is COC1=CC(=Nc2ccccc2)CC(OC)=C1OC. The lowest BCUT2D eigenvalue weighted by molar-refractivity contribution is 0.182. The van der Waals surface area contributed by atoms with Gasteiger partial charge in [-0.05, 0) is 12.1 Å². The van der Waals surface area contributed by atoms with E-state index in [2.05, 4.69) is 4.99 Å². The molecule has 4 heteroatoms. The molecular weight excluding hydrogens is 242 g/mol. The van der Waals surface area contributed by atoms with Gasteiger partial charge in [-0.2, -0.15) is 0 Å². The Morgan fingerprint density at radius 1 is 0.947 bits per heavy atom. The zero-order valence-electron chi connectivity index (χ0n) is 11.3. The van der Waals surface area contributed by atoms with Crippen molar-refractivity contribution in [3.63, 3.8) is 0 Å². The number of aliphatic imine (C=N–C) groups is 1. The maximum Gasteiger partial charge on any atom is 0.199 e. The van der Waals surface area contributed by atoms with E-state index in [1.54, 1.807) is 21.3 Å². The van der Waals surface area contributed by atoms with Crippen LogP contribution in [0.2, 0.25) is 0 Å². The van der Waals surface area contributed by atoms with E-state index in [1.807, 2.05) is 36.4 Å². The summed E-state index contributed by atoms with van der Waals surface area (Å²) in [5, 5.41) is 0. The van der Waals surface area contributed by atoms with Crippen LogP contribution in [0.25, 0.3) is 0 Å². The van der Waals surface area contributed by atoms with E-state index in [4.69, 9.17) is 14.2 Å². The van der Waals surface area contributed by atoms with E-state index in [0.29, 0.717) is 17.9 Å². The van der Waals surface area contributed by atoms with Crippen LogP contribution in [0.5, 0.6) is 0 Å². The van der Waals surface area contributed by atoms with Crippen molar-refractivity contribution < 1.29 is 14.2 Å². The molecule has 0 saturated carbocycles. The van der Waals surface area contributed by atoms with Gasteiger partial charge in [0.2, 0.25) is 0 Å². The molecular formula is C15H17NO3. The molecule has 0 unspecified atom stereocenters. The van der Waals surface area contributed by atoms with Gasteiger partial charge in [0.05, 0.1) is 39.1 Å². The van der Waals surface area contributed by atoms with Gasteiger partial charge in [0, 0.05) is 6.08 Å². The van der Waals surface area contributed by atoms with Crippen LogP contribution < -0.4 is 0 Å². The van der Waals surface area contributed by atoms with Gasteiger partial charge in [-0.15, -0.1) is 0 Å². The molecule has 0 fully saturated rings. The second-order valence-electron chi connectivity index (χ2n) is 3.99. The molecule has 1 aromatic carbocycles. The van der Waals surface area contributed by atoms with Crippen molar-refractivity contribution in [1.82, 2.24) is 0 Å². The topological polar surface area (TPSA) is 40.0 Å². The van der Waals surface area contributed by atoms with Crippen molar-refractivity contribution in [3.05, 3.63) is 53.7 Å². The second-order valence-corrected chi connectivity index (χ2v) is 3.99. The molecule has 0 bridgehead atoms. The first-order chi connectivity index (χ1) is 9.28. The highest BCUT2D eigenvalue weighted by atomic mass is 16.5. The number of hydrogen-bond acceptors (Lipinski definition) is 4. The molecule has 0 amide bonds. The molecule has 100 valence electrons. The highest BCUT2D eigenvalue weighted by molar-refractivity contribution is 6.00. The number of ether oxygens (including phenoxy) is 3. The number of allylic oxidation sites excluding steroid dienone is 2. The lowest BCUT2D eigenvalue weighted by Gasteiger charge is -2.19.